The van der Waals surface area contributed by atoms with E-state index in [1.54, 1.807) is 20.8 Å². The molecular weight excluding hydrogens is 338 g/mol. The topological polar surface area (TPSA) is 93.1 Å². The molecule has 1 amide bonds. The van der Waals surface area contributed by atoms with Crippen molar-refractivity contribution in [2.45, 2.75) is 51.9 Å². The van der Waals surface area contributed by atoms with Crippen molar-refractivity contribution in [1.82, 2.24) is 4.90 Å². The van der Waals surface area contributed by atoms with Crippen molar-refractivity contribution in [3.63, 3.8) is 0 Å². The highest BCUT2D eigenvalue weighted by molar-refractivity contribution is 5.87. The highest BCUT2D eigenvalue weighted by Gasteiger charge is 2.45. The molecule has 0 spiro atoms. The van der Waals surface area contributed by atoms with E-state index in [1.165, 1.54) is 4.90 Å². The van der Waals surface area contributed by atoms with Crippen LogP contribution in [0.25, 0.3) is 0 Å². The number of hydrogen-bond acceptors (Lipinski definition) is 5. The molecule has 2 rings (SSSR count). The van der Waals surface area contributed by atoms with Gasteiger partial charge in [-0.3, -0.25) is 9.69 Å². The first-order chi connectivity index (χ1) is 12.2. The molecule has 0 saturated carbocycles. The van der Waals surface area contributed by atoms with Crippen LogP contribution < -0.4 is 0 Å². The van der Waals surface area contributed by atoms with Crippen molar-refractivity contribution in [2.24, 2.45) is 5.92 Å². The van der Waals surface area contributed by atoms with E-state index in [1.807, 2.05) is 30.3 Å². The maximum Gasteiger partial charge on any atom is 0.410 e. The molecule has 1 N–H and O–H groups in total. The van der Waals surface area contributed by atoms with E-state index in [-0.39, 0.29) is 13.2 Å². The summed E-state index contributed by atoms with van der Waals surface area (Å²) in [6.45, 7) is 5.39. The third-order valence-electron chi connectivity index (χ3n) is 4.04. The van der Waals surface area contributed by atoms with Crippen LogP contribution in [0.15, 0.2) is 30.3 Å². The fourth-order valence-corrected chi connectivity index (χ4v) is 2.91. The second kappa shape index (κ2) is 8.21. The van der Waals surface area contributed by atoms with E-state index in [9.17, 15) is 19.5 Å². The van der Waals surface area contributed by atoms with E-state index >= 15 is 0 Å². The van der Waals surface area contributed by atoms with Crippen molar-refractivity contribution < 1.29 is 29.0 Å². The van der Waals surface area contributed by atoms with Crippen LogP contribution in [-0.4, -0.2) is 46.2 Å². The molecule has 1 aliphatic rings. The zero-order valence-corrected chi connectivity index (χ0v) is 15.3. The van der Waals surface area contributed by atoms with Crippen LogP contribution >= 0.6 is 0 Å². The number of nitrogens with zero attached hydrogens (tertiary/aromatic N) is 1. The van der Waals surface area contributed by atoms with Crippen LogP contribution in [0.4, 0.5) is 4.79 Å². The zero-order chi connectivity index (χ0) is 19.3. The minimum Gasteiger partial charge on any atom is -0.481 e. The van der Waals surface area contributed by atoms with Crippen LogP contribution in [0.2, 0.25) is 0 Å². The van der Waals surface area contributed by atoms with Crippen molar-refractivity contribution in [1.29, 1.82) is 0 Å². The molecule has 1 aliphatic heterocycles. The fourth-order valence-electron chi connectivity index (χ4n) is 2.91. The van der Waals surface area contributed by atoms with Crippen LogP contribution in [0.3, 0.4) is 0 Å². The minimum atomic E-state index is -1.19. The quantitative estimate of drug-likeness (QED) is 0.827. The average Bonchev–Trinajstić information content (AvgIpc) is 2.58. The zero-order valence-electron chi connectivity index (χ0n) is 15.3. The molecule has 7 nitrogen and oxygen atoms in total. The van der Waals surface area contributed by atoms with E-state index < -0.39 is 35.6 Å². The van der Waals surface area contributed by atoms with Gasteiger partial charge in [0, 0.05) is 6.54 Å². The summed E-state index contributed by atoms with van der Waals surface area (Å²) in [5.74, 6) is -2.86. The van der Waals surface area contributed by atoms with Gasteiger partial charge in [0.2, 0.25) is 0 Å². The van der Waals surface area contributed by atoms with E-state index in [2.05, 4.69) is 0 Å². The highest BCUT2D eigenvalue weighted by Crippen LogP contribution is 2.27. The Balaban J connectivity index is 2.15. The number of hydrogen-bond donors (Lipinski definition) is 1. The number of carboxylic acids is 1. The number of aliphatic carboxylic acids is 1. The molecule has 1 fully saturated rings. The number of carbonyl (C=O) groups excluding carboxylic acids is 2. The summed E-state index contributed by atoms with van der Waals surface area (Å²) in [6, 6.07) is 7.95. The summed E-state index contributed by atoms with van der Waals surface area (Å²) in [4.78, 5) is 37.9. The lowest BCUT2D eigenvalue weighted by atomic mass is 9.89. The second-order valence-electron chi connectivity index (χ2n) is 7.30. The van der Waals surface area contributed by atoms with Crippen molar-refractivity contribution >= 4 is 18.0 Å². The fraction of sp³-hybridized carbons (Fsp3) is 0.526. The number of esters is 1. The molecular formula is C19H25NO6. The third-order valence-corrected chi connectivity index (χ3v) is 4.04. The lowest BCUT2D eigenvalue weighted by Gasteiger charge is -2.38. The Kier molecular flexibility index (Phi) is 6.23. The van der Waals surface area contributed by atoms with Crippen molar-refractivity contribution in [3.05, 3.63) is 35.9 Å². The molecule has 7 heteroatoms. The standard InChI is InChI=1S/C19H25NO6/c1-19(2,3)26-17(23)15-14(16(21)22)10-7-11-20(15)18(24)25-12-13-8-5-4-6-9-13/h4-6,8-9,14-15H,7,10-12H2,1-3H3,(H,21,22)/t14-,15+/m0/s1. The Hall–Kier alpha value is -2.57. The summed E-state index contributed by atoms with van der Waals surface area (Å²) in [5, 5.41) is 9.48. The minimum absolute atomic E-state index is 0.0505. The Morgan fingerprint density at radius 2 is 1.85 bits per heavy atom. The van der Waals surface area contributed by atoms with E-state index in [0.29, 0.717) is 12.8 Å². The Morgan fingerprint density at radius 1 is 1.19 bits per heavy atom. The lowest BCUT2D eigenvalue weighted by molar-refractivity contribution is -0.169. The number of carbonyl (C=O) groups is 3. The number of likely N-dealkylation sites (tertiary alicyclic amines) is 1. The van der Waals surface area contributed by atoms with Gasteiger partial charge in [-0.05, 0) is 39.2 Å². The molecule has 0 aliphatic carbocycles. The molecule has 0 unspecified atom stereocenters. The molecule has 1 saturated heterocycles. The van der Waals surface area contributed by atoms with Gasteiger partial charge in [0.25, 0.3) is 0 Å². The Bertz CT molecular complexity index is 652. The molecule has 2 atom stereocenters. The predicted octanol–water partition coefficient (Wildman–Crippen LogP) is 2.83. The smallest absolute Gasteiger partial charge is 0.410 e. The lowest BCUT2D eigenvalue weighted by Crippen LogP contribution is -2.56. The molecule has 0 bridgehead atoms. The number of rotatable bonds is 4. The number of piperidine rings is 1. The molecule has 1 aromatic carbocycles. The van der Waals surface area contributed by atoms with Gasteiger partial charge in [-0.25, -0.2) is 9.59 Å². The van der Waals surface area contributed by atoms with Gasteiger partial charge in [-0.15, -0.1) is 0 Å². The van der Waals surface area contributed by atoms with Gasteiger partial charge in [-0.2, -0.15) is 0 Å². The molecule has 0 aromatic heterocycles. The van der Waals surface area contributed by atoms with Crippen LogP contribution in [0, 0.1) is 5.92 Å². The SMILES string of the molecule is CC(C)(C)OC(=O)[C@H]1[C@@H](C(=O)O)CCCN1C(=O)OCc1ccccc1. The average molecular weight is 363 g/mol. The number of amides is 1. The maximum atomic E-state index is 12.6. The predicted molar refractivity (Wildman–Crippen MR) is 93.3 cm³/mol. The number of ether oxygens (including phenoxy) is 2. The molecule has 1 heterocycles. The van der Waals surface area contributed by atoms with Crippen molar-refractivity contribution in [2.75, 3.05) is 6.54 Å². The Morgan fingerprint density at radius 3 is 2.42 bits per heavy atom. The summed E-state index contributed by atoms with van der Waals surface area (Å²) >= 11 is 0. The molecule has 26 heavy (non-hydrogen) atoms. The third kappa shape index (κ3) is 5.21. The first kappa shape index (κ1) is 19.8. The number of benzene rings is 1. The summed E-state index contributed by atoms with van der Waals surface area (Å²) in [7, 11) is 0. The van der Waals surface area contributed by atoms with Gasteiger partial charge < -0.3 is 14.6 Å². The monoisotopic (exact) mass is 363 g/mol. The van der Waals surface area contributed by atoms with Gasteiger partial charge in [0.15, 0.2) is 0 Å². The van der Waals surface area contributed by atoms with E-state index in [0.717, 1.165) is 5.56 Å². The van der Waals surface area contributed by atoms with Gasteiger partial charge in [0.1, 0.15) is 18.2 Å². The van der Waals surface area contributed by atoms with Crippen LogP contribution in [0.1, 0.15) is 39.2 Å². The summed E-state index contributed by atoms with van der Waals surface area (Å²) in [5.41, 5.74) is 0.0264. The normalized spacial score (nSPS) is 20.3. The van der Waals surface area contributed by atoms with Crippen LogP contribution in [0.5, 0.6) is 0 Å². The number of carboxylic acid groups (broad SMARTS) is 1. The molecule has 0 radical (unpaired) electrons. The maximum absolute atomic E-state index is 12.6. The summed E-state index contributed by atoms with van der Waals surface area (Å²) < 4.78 is 10.6. The van der Waals surface area contributed by atoms with Crippen molar-refractivity contribution in [3.8, 4) is 0 Å². The molecule has 142 valence electrons. The highest BCUT2D eigenvalue weighted by atomic mass is 16.6. The first-order valence-corrected chi connectivity index (χ1v) is 8.62. The Labute approximate surface area is 152 Å². The van der Waals surface area contributed by atoms with Gasteiger partial charge in [0.05, 0.1) is 5.92 Å². The van der Waals surface area contributed by atoms with Gasteiger partial charge >= 0.3 is 18.0 Å². The molecule has 1 aromatic rings. The van der Waals surface area contributed by atoms with Gasteiger partial charge in [-0.1, -0.05) is 30.3 Å². The van der Waals surface area contributed by atoms with Crippen LogP contribution in [-0.2, 0) is 25.7 Å². The second-order valence-corrected chi connectivity index (χ2v) is 7.30. The summed E-state index contributed by atoms with van der Waals surface area (Å²) in [6.07, 6.45) is 0.0777. The first-order valence-electron chi connectivity index (χ1n) is 8.62. The van der Waals surface area contributed by atoms with E-state index in [4.69, 9.17) is 9.47 Å². The largest absolute Gasteiger partial charge is 0.481 e.